The van der Waals surface area contributed by atoms with Crippen LogP contribution in [0.15, 0.2) is 0 Å². The van der Waals surface area contributed by atoms with Gasteiger partial charge in [0.2, 0.25) is 0 Å². The van der Waals surface area contributed by atoms with Gasteiger partial charge in [-0.15, -0.1) is 0 Å². The summed E-state index contributed by atoms with van der Waals surface area (Å²) in [6, 6.07) is 0. The number of carbonyl (C=O) groups excluding carboxylic acids is 1. The standard InChI is InChI=1S/C18H37NO5/c1-4-5-6-7-8-9-18(20)24-17-16-23-15-14-22-13-12-21-11-10-19(2)3/h4-17H2,1-3H3. The molecule has 0 bridgehead atoms. The summed E-state index contributed by atoms with van der Waals surface area (Å²) in [5, 5.41) is 0. The minimum absolute atomic E-state index is 0.124. The molecule has 0 aliphatic heterocycles. The van der Waals surface area contributed by atoms with Gasteiger partial charge in [0.05, 0.1) is 39.6 Å². The second-order valence-electron chi connectivity index (χ2n) is 6.03. The zero-order valence-corrected chi connectivity index (χ0v) is 15.9. The Kier molecular flexibility index (Phi) is 18.1. The van der Waals surface area contributed by atoms with E-state index in [1.54, 1.807) is 0 Å². The highest BCUT2D eigenvalue weighted by Gasteiger charge is 2.02. The summed E-state index contributed by atoms with van der Waals surface area (Å²) in [6.45, 7) is 6.77. The Morgan fingerprint density at radius 3 is 1.88 bits per heavy atom. The second-order valence-corrected chi connectivity index (χ2v) is 6.03. The lowest BCUT2D eigenvalue weighted by Crippen LogP contribution is -2.19. The molecule has 0 saturated carbocycles. The second kappa shape index (κ2) is 18.6. The van der Waals surface area contributed by atoms with Gasteiger partial charge in [0.25, 0.3) is 0 Å². The number of ether oxygens (including phenoxy) is 4. The summed E-state index contributed by atoms with van der Waals surface area (Å²) in [4.78, 5) is 13.5. The maximum Gasteiger partial charge on any atom is 0.305 e. The molecule has 0 heterocycles. The smallest absolute Gasteiger partial charge is 0.305 e. The van der Waals surface area contributed by atoms with Crippen molar-refractivity contribution in [2.75, 3.05) is 66.9 Å². The number of hydrogen-bond donors (Lipinski definition) is 0. The van der Waals surface area contributed by atoms with Gasteiger partial charge in [0.1, 0.15) is 6.61 Å². The molecule has 0 saturated heterocycles. The molecule has 0 spiro atoms. The molecule has 0 aliphatic carbocycles. The molecular weight excluding hydrogens is 310 g/mol. The van der Waals surface area contributed by atoms with Gasteiger partial charge in [-0.25, -0.2) is 0 Å². The van der Waals surface area contributed by atoms with E-state index < -0.39 is 0 Å². The van der Waals surface area contributed by atoms with Gasteiger partial charge < -0.3 is 23.8 Å². The lowest BCUT2D eigenvalue weighted by molar-refractivity contribution is -0.145. The summed E-state index contributed by atoms with van der Waals surface area (Å²) >= 11 is 0. The molecule has 0 rings (SSSR count). The first kappa shape index (κ1) is 23.3. The highest BCUT2D eigenvalue weighted by Crippen LogP contribution is 2.05. The Labute approximate surface area is 147 Å². The highest BCUT2D eigenvalue weighted by atomic mass is 16.6. The lowest BCUT2D eigenvalue weighted by Gasteiger charge is -2.10. The van der Waals surface area contributed by atoms with Crippen LogP contribution in [0, 0.1) is 0 Å². The number of unbranched alkanes of at least 4 members (excludes halogenated alkanes) is 4. The molecule has 24 heavy (non-hydrogen) atoms. The van der Waals surface area contributed by atoms with Crippen LogP contribution in [0.4, 0.5) is 0 Å². The predicted octanol–water partition coefficient (Wildman–Crippen LogP) is 2.50. The van der Waals surface area contributed by atoms with Crippen molar-refractivity contribution >= 4 is 5.97 Å². The predicted molar refractivity (Wildman–Crippen MR) is 95.3 cm³/mol. The number of hydrogen-bond acceptors (Lipinski definition) is 6. The van der Waals surface area contributed by atoms with Crippen LogP contribution in [0.2, 0.25) is 0 Å². The molecule has 0 amide bonds. The van der Waals surface area contributed by atoms with Gasteiger partial charge in [-0.3, -0.25) is 4.79 Å². The van der Waals surface area contributed by atoms with Crippen LogP contribution < -0.4 is 0 Å². The lowest BCUT2D eigenvalue weighted by atomic mass is 10.1. The van der Waals surface area contributed by atoms with Crippen molar-refractivity contribution in [1.29, 1.82) is 0 Å². The summed E-state index contributed by atoms with van der Waals surface area (Å²) in [5.41, 5.74) is 0. The third-order valence-corrected chi connectivity index (χ3v) is 3.40. The molecule has 144 valence electrons. The zero-order valence-electron chi connectivity index (χ0n) is 15.9. The minimum Gasteiger partial charge on any atom is -0.463 e. The van der Waals surface area contributed by atoms with Gasteiger partial charge in [-0.1, -0.05) is 32.6 Å². The van der Waals surface area contributed by atoms with Crippen LogP contribution in [0.25, 0.3) is 0 Å². The average molecular weight is 347 g/mol. The topological polar surface area (TPSA) is 57.2 Å². The summed E-state index contributed by atoms with van der Waals surface area (Å²) < 4.78 is 21.2. The van der Waals surface area contributed by atoms with Gasteiger partial charge in [0, 0.05) is 13.0 Å². The fourth-order valence-corrected chi connectivity index (χ4v) is 1.95. The molecule has 0 radical (unpaired) electrons. The minimum atomic E-state index is -0.124. The van der Waals surface area contributed by atoms with E-state index in [2.05, 4.69) is 11.8 Å². The molecule has 0 aromatic carbocycles. The molecule has 0 fully saturated rings. The van der Waals surface area contributed by atoms with Crippen LogP contribution in [0.3, 0.4) is 0 Å². The molecule has 0 aromatic rings. The van der Waals surface area contributed by atoms with Gasteiger partial charge >= 0.3 is 5.97 Å². The first-order valence-corrected chi connectivity index (χ1v) is 9.20. The van der Waals surface area contributed by atoms with Gasteiger partial charge in [-0.05, 0) is 20.5 Å². The van der Waals surface area contributed by atoms with Crippen molar-refractivity contribution in [2.45, 2.75) is 45.4 Å². The largest absolute Gasteiger partial charge is 0.463 e. The summed E-state index contributed by atoms with van der Waals surface area (Å²) in [7, 11) is 4.03. The van der Waals surface area contributed by atoms with E-state index >= 15 is 0 Å². The van der Waals surface area contributed by atoms with Gasteiger partial charge in [-0.2, -0.15) is 0 Å². The first-order valence-electron chi connectivity index (χ1n) is 9.20. The fourth-order valence-electron chi connectivity index (χ4n) is 1.95. The molecular formula is C18H37NO5. The number of esters is 1. The maximum atomic E-state index is 11.5. The molecule has 0 aliphatic rings. The molecule has 0 unspecified atom stereocenters. The Morgan fingerprint density at radius 2 is 1.29 bits per heavy atom. The molecule has 0 atom stereocenters. The summed E-state index contributed by atoms with van der Waals surface area (Å²) in [5.74, 6) is -0.124. The van der Waals surface area contributed by atoms with Crippen molar-refractivity contribution in [3.8, 4) is 0 Å². The van der Waals surface area contributed by atoms with Crippen LogP contribution in [-0.2, 0) is 23.7 Å². The van der Waals surface area contributed by atoms with E-state index in [4.69, 9.17) is 18.9 Å². The average Bonchev–Trinajstić information content (AvgIpc) is 2.55. The molecule has 6 nitrogen and oxygen atoms in total. The van der Waals surface area contributed by atoms with Crippen molar-refractivity contribution < 1.29 is 23.7 Å². The Balaban J connectivity index is 3.12. The first-order chi connectivity index (χ1) is 11.7. The molecule has 6 heteroatoms. The molecule has 0 N–H and O–H groups in total. The third-order valence-electron chi connectivity index (χ3n) is 3.40. The molecule has 0 aromatic heterocycles. The SMILES string of the molecule is CCCCCCCC(=O)OCCOCCOCCOCCN(C)C. The summed E-state index contributed by atoms with van der Waals surface area (Å²) in [6.07, 6.45) is 6.20. The number of nitrogens with zero attached hydrogens (tertiary/aromatic N) is 1. The monoisotopic (exact) mass is 347 g/mol. The Morgan fingerprint density at radius 1 is 0.750 bits per heavy atom. The normalized spacial score (nSPS) is 11.2. The van der Waals surface area contributed by atoms with Crippen molar-refractivity contribution in [1.82, 2.24) is 4.90 Å². The fraction of sp³-hybridized carbons (Fsp3) is 0.944. The Hall–Kier alpha value is -0.690. The van der Waals surface area contributed by atoms with E-state index in [9.17, 15) is 4.79 Å². The number of likely N-dealkylation sites (N-methyl/N-ethyl adjacent to an activating group) is 1. The third kappa shape index (κ3) is 19.4. The maximum absolute atomic E-state index is 11.5. The van der Waals surface area contributed by atoms with E-state index in [1.807, 2.05) is 14.1 Å². The van der Waals surface area contributed by atoms with Crippen molar-refractivity contribution in [3.05, 3.63) is 0 Å². The van der Waals surface area contributed by atoms with Crippen LogP contribution in [0.5, 0.6) is 0 Å². The van der Waals surface area contributed by atoms with E-state index in [1.165, 1.54) is 19.3 Å². The van der Waals surface area contributed by atoms with Crippen molar-refractivity contribution in [2.24, 2.45) is 0 Å². The van der Waals surface area contributed by atoms with Crippen LogP contribution in [-0.4, -0.2) is 77.8 Å². The van der Waals surface area contributed by atoms with Crippen LogP contribution >= 0.6 is 0 Å². The van der Waals surface area contributed by atoms with E-state index in [0.717, 1.165) is 26.0 Å². The van der Waals surface area contributed by atoms with E-state index in [0.29, 0.717) is 46.1 Å². The zero-order chi connectivity index (χ0) is 17.9. The Bertz CT molecular complexity index is 274. The quantitative estimate of drug-likeness (QED) is 0.280. The van der Waals surface area contributed by atoms with Gasteiger partial charge in [0.15, 0.2) is 0 Å². The van der Waals surface area contributed by atoms with Crippen molar-refractivity contribution in [3.63, 3.8) is 0 Å². The number of carbonyl (C=O) groups is 1. The number of rotatable bonds is 18. The van der Waals surface area contributed by atoms with E-state index in [-0.39, 0.29) is 5.97 Å². The van der Waals surface area contributed by atoms with Crippen LogP contribution in [0.1, 0.15) is 45.4 Å². The highest BCUT2D eigenvalue weighted by molar-refractivity contribution is 5.69.